The van der Waals surface area contributed by atoms with Crippen molar-refractivity contribution in [3.8, 4) is 0 Å². The second-order valence-corrected chi connectivity index (χ2v) is 11.1. The van der Waals surface area contributed by atoms with Crippen molar-refractivity contribution in [2.45, 2.75) is 57.7 Å². The number of anilines is 2. The lowest BCUT2D eigenvalue weighted by atomic mass is 9.87. The molecule has 1 aromatic carbocycles. The van der Waals surface area contributed by atoms with E-state index in [1.54, 1.807) is 11.9 Å². The van der Waals surface area contributed by atoms with E-state index in [1.807, 2.05) is 19.1 Å². The number of rotatable bonds is 6. The number of aromatic nitrogens is 3. The lowest BCUT2D eigenvalue weighted by Crippen LogP contribution is -2.33. The van der Waals surface area contributed by atoms with Crippen LogP contribution in [0.25, 0.3) is 11.0 Å². The molecule has 1 aliphatic heterocycles. The highest BCUT2D eigenvalue weighted by Crippen LogP contribution is 2.34. The Morgan fingerprint density at radius 2 is 1.86 bits per heavy atom. The van der Waals surface area contributed by atoms with Gasteiger partial charge in [-0.15, -0.1) is 0 Å². The van der Waals surface area contributed by atoms with Crippen LogP contribution in [0, 0.1) is 18.8 Å². The normalized spacial score (nSPS) is 16.6. The molecule has 36 heavy (non-hydrogen) atoms. The second-order valence-electron chi connectivity index (χ2n) is 9.56. The molecule has 3 heterocycles. The van der Waals surface area contributed by atoms with Crippen molar-refractivity contribution < 1.29 is 13.2 Å². The zero-order valence-corrected chi connectivity index (χ0v) is 22.1. The van der Waals surface area contributed by atoms with E-state index >= 15 is 0 Å². The maximum absolute atomic E-state index is 13.5. The van der Waals surface area contributed by atoms with Crippen LogP contribution in [-0.4, -0.2) is 38.1 Å². The van der Waals surface area contributed by atoms with Crippen LogP contribution in [0.2, 0.25) is 5.02 Å². The molecule has 0 bridgehead atoms. The average Bonchev–Trinajstić information content (AvgIpc) is 2.81. The molecule has 6 nitrogen and oxygen atoms in total. The van der Waals surface area contributed by atoms with Gasteiger partial charge in [0.05, 0.1) is 0 Å². The Hall–Kier alpha value is -2.30. The zero-order chi connectivity index (χ0) is 26.2. The molecule has 0 saturated carbocycles. The summed E-state index contributed by atoms with van der Waals surface area (Å²) in [5.41, 5.74) is 0.580. The predicted octanol–water partition coefficient (Wildman–Crippen LogP) is 7.00. The van der Waals surface area contributed by atoms with E-state index in [4.69, 9.17) is 11.6 Å². The van der Waals surface area contributed by atoms with Gasteiger partial charge in [-0.25, -0.2) is 9.29 Å². The summed E-state index contributed by atoms with van der Waals surface area (Å²) in [6.07, 6.45) is -0.887. The zero-order valence-electron chi connectivity index (χ0n) is 20.6. The summed E-state index contributed by atoms with van der Waals surface area (Å²) in [6.45, 7) is 9.52. The van der Waals surface area contributed by atoms with E-state index in [0.29, 0.717) is 10.5 Å². The standard InChI is InChI=1S/C25H29ClF3N5OS/c1-14(2)17-7-9-33(10-8-17)36-19-5-6-21(15(3)11-19)31-24-30-13-18-12-20(26)23(35)34(22(18)32-24)16(4)25(27,28)29/h5-6,11-14,16-17H,7-10H2,1-4H3,(H,30,31,32). The summed E-state index contributed by atoms with van der Waals surface area (Å²) in [7, 11) is 0. The average molecular weight is 540 g/mol. The SMILES string of the molecule is Cc1cc(SN2CCC(C(C)C)CC2)ccc1Nc1ncc2cc(Cl)c(=O)n(C(C)C(F)(F)F)c2n1. The van der Waals surface area contributed by atoms with Crippen LogP contribution < -0.4 is 10.9 Å². The van der Waals surface area contributed by atoms with Gasteiger partial charge in [0.15, 0.2) is 0 Å². The lowest BCUT2D eigenvalue weighted by molar-refractivity contribution is -0.162. The molecular formula is C25H29ClF3N5OS. The third-order valence-electron chi connectivity index (χ3n) is 6.71. The first kappa shape index (κ1) is 26.8. The molecule has 194 valence electrons. The Labute approximate surface area is 217 Å². The maximum atomic E-state index is 13.5. The number of nitrogens with zero attached hydrogens (tertiary/aromatic N) is 4. The molecule has 1 aliphatic rings. The number of fused-ring (bicyclic) bond motifs is 1. The van der Waals surface area contributed by atoms with Crippen molar-refractivity contribution in [1.29, 1.82) is 0 Å². The maximum Gasteiger partial charge on any atom is 0.409 e. The van der Waals surface area contributed by atoms with Crippen LogP contribution in [0.15, 0.2) is 40.2 Å². The van der Waals surface area contributed by atoms with Gasteiger partial charge >= 0.3 is 6.18 Å². The van der Waals surface area contributed by atoms with E-state index in [2.05, 4.69) is 39.5 Å². The molecule has 0 spiro atoms. The number of hydrogen-bond acceptors (Lipinski definition) is 6. The molecule has 4 rings (SSSR count). The predicted molar refractivity (Wildman–Crippen MR) is 139 cm³/mol. The molecule has 0 radical (unpaired) electrons. The molecule has 1 fully saturated rings. The van der Waals surface area contributed by atoms with Gasteiger partial charge in [0.25, 0.3) is 5.56 Å². The molecular weight excluding hydrogens is 511 g/mol. The summed E-state index contributed by atoms with van der Waals surface area (Å²) in [4.78, 5) is 22.1. The van der Waals surface area contributed by atoms with Crippen molar-refractivity contribution in [3.63, 3.8) is 0 Å². The van der Waals surface area contributed by atoms with Crippen molar-refractivity contribution in [2.75, 3.05) is 18.4 Å². The highest BCUT2D eigenvalue weighted by molar-refractivity contribution is 7.97. The third kappa shape index (κ3) is 5.81. The monoisotopic (exact) mass is 539 g/mol. The van der Waals surface area contributed by atoms with Crippen LogP contribution in [-0.2, 0) is 0 Å². The van der Waals surface area contributed by atoms with E-state index in [1.165, 1.54) is 25.1 Å². The summed E-state index contributed by atoms with van der Waals surface area (Å²) >= 11 is 7.64. The van der Waals surface area contributed by atoms with Crippen LogP contribution in [0.5, 0.6) is 0 Å². The third-order valence-corrected chi connectivity index (χ3v) is 8.07. The largest absolute Gasteiger partial charge is 0.409 e. The van der Waals surface area contributed by atoms with E-state index in [0.717, 1.165) is 42.1 Å². The Balaban J connectivity index is 1.55. The van der Waals surface area contributed by atoms with Gasteiger partial charge in [0.1, 0.15) is 16.7 Å². The number of hydrogen-bond donors (Lipinski definition) is 1. The highest BCUT2D eigenvalue weighted by atomic mass is 35.5. The van der Waals surface area contributed by atoms with Gasteiger partial charge in [-0.2, -0.15) is 18.2 Å². The summed E-state index contributed by atoms with van der Waals surface area (Å²) < 4.78 is 43.4. The smallest absolute Gasteiger partial charge is 0.324 e. The van der Waals surface area contributed by atoms with Crippen molar-refractivity contribution >= 4 is 46.2 Å². The van der Waals surface area contributed by atoms with E-state index in [9.17, 15) is 18.0 Å². The number of benzene rings is 1. The van der Waals surface area contributed by atoms with Gasteiger partial charge in [-0.1, -0.05) is 25.4 Å². The number of alkyl halides is 3. The molecule has 1 N–H and O–H groups in total. The van der Waals surface area contributed by atoms with Crippen molar-refractivity contribution in [3.05, 3.63) is 51.4 Å². The van der Waals surface area contributed by atoms with Gasteiger partial charge in [-0.05, 0) is 80.3 Å². The fourth-order valence-corrected chi connectivity index (χ4v) is 5.65. The van der Waals surface area contributed by atoms with Gasteiger partial charge in [-0.3, -0.25) is 9.36 Å². The number of pyridine rings is 1. The molecule has 0 amide bonds. The first-order chi connectivity index (χ1) is 16.9. The fraction of sp³-hybridized carbons (Fsp3) is 0.480. The summed E-state index contributed by atoms with van der Waals surface area (Å²) in [5.74, 6) is 1.58. The number of aryl methyl sites for hydroxylation is 1. The number of nitrogens with one attached hydrogen (secondary N) is 1. The quantitative estimate of drug-likeness (QED) is 0.340. The van der Waals surface area contributed by atoms with Crippen LogP contribution >= 0.6 is 23.5 Å². The van der Waals surface area contributed by atoms with Gasteiger partial charge in [0.2, 0.25) is 5.95 Å². The Bertz CT molecular complexity index is 1310. The number of halogens is 4. The molecule has 1 saturated heterocycles. The van der Waals surface area contributed by atoms with Crippen LogP contribution in [0.1, 0.15) is 45.2 Å². The van der Waals surface area contributed by atoms with Crippen LogP contribution in [0.3, 0.4) is 0 Å². The van der Waals surface area contributed by atoms with Gasteiger partial charge in [0, 0.05) is 35.3 Å². The first-order valence-electron chi connectivity index (χ1n) is 11.9. The molecule has 2 aromatic heterocycles. The Kier molecular flexibility index (Phi) is 7.87. The molecule has 1 unspecified atom stereocenters. The Morgan fingerprint density at radius 1 is 1.17 bits per heavy atom. The molecule has 1 atom stereocenters. The van der Waals surface area contributed by atoms with E-state index < -0.39 is 17.8 Å². The van der Waals surface area contributed by atoms with Crippen molar-refractivity contribution in [1.82, 2.24) is 18.8 Å². The molecule has 11 heteroatoms. The number of piperidine rings is 1. The fourth-order valence-electron chi connectivity index (χ4n) is 4.39. The lowest BCUT2D eigenvalue weighted by Gasteiger charge is -2.33. The van der Waals surface area contributed by atoms with Gasteiger partial charge < -0.3 is 5.32 Å². The molecule has 0 aliphatic carbocycles. The van der Waals surface area contributed by atoms with E-state index in [-0.39, 0.29) is 22.0 Å². The topological polar surface area (TPSA) is 63.1 Å². The highest BCUT2D eigenvalue weighted by Gasteiger charge is 2.39. The minimum atomic E-state index is -4.64. The van der Waals surface area contributed by atoms with Crippen LogP contribution in [0.4, 0.5) is 24.8 Å². The Morgan fingerprint density at radius 3 is 2.47 bits per heavy atom. The van der Waals surface area contributed by atoms with Crippen molar-refractivity contribution in [2.24, 2.45) is 11.8 Å². The summed E-state index contributed by atoms with van der Waals surface area (Å²) in [6, 6.07) is 5.14. The molecule has 3 aromatic rings. The first-order valence-corrected chi connectivity index (χ1v) is 13.0. The minimum Gasteiger partial charge on any atom is -0.324 e. The minimum absolute atomic E-state index is 0.0895. The second kappa shape index (κ2) is 10.6. The summed E-state index contributed by atoms with van der Waals surface area (Å²) in [5, 5.41) is 3.00.